The van der Waals surface area contributed by atoms with Crippen molar-refractivity contribution in [2.24, 2.45) is 5.92 Å². The molecule has 2 heterocycles. The first-order valence-corrected chi connectivity index (χ1v) is 12.4. The number of rotatable bonds is 6. The van der Waals surface area contributed by atoms with Crippen LogP contribution in [0.3, 0.4) is 0 Å². The monoisotopic (exact) mass is 534 g/mol. The maximum absolute atomic E-state index is 13.5. The molecule has 2 atom stereocenters. The molecule has 0 aromatic heterocycles. The van der Waals surface area contributed by atoms with Gasteiger partial charge in [0.1, 0.15) is 0 Å². The van der Waals surface area contributed by atoms with Gasteiger partial charge in [0, 0.05) is 33.8 Å². The van der Waals surface area contributed by atoms with Gasteiger partial charge in [0.2, 0.25) is 0 Å². The molecule has 4 rings (SSSR count). The van der Waals surface area contributed by atoms with Gasteiger partial charge >= 0.3 is 6.03 Å². The first-order valence-electron chi connectivity index (χ1n) is 11.2. The minimum Gasteiger partial charge on any atom is -0.359 e. The fourth-order valence-corrected chi connectivity index (χ4v) is 5.08. The lowest BCUT2D eigenvalue weighted by Crippen LogP contribution is -2.62. The maximum atomic E-state index is 13.5. The maximum Gasteiger partial charge on any atom is 0.329 e. The lowest BCUT2D eigenvalue weighted by Gasteiger charge is -2.42. The van der Waals surface area contributed by atoms with Crippen LogP contribution in [0.2, 0.25) is 5.02 Å². The van der Waals surface area contributed by atoms with Crippen molar-refractivity contribution in [1.82, 2.24) is 10.2 Å². The van der Waals surface area contributed by atoms with E-state index in [4.69, 9.17) is 11.6 Å². The van der Waals surface area contributed by atoms with Crippen molar-refractivity contribution in [2.75, 3.05) is 36.4 Å². The second-order valence-corrected chi connectivity index (χ2v) is 10.1. The van der Waals surface area contributed by atoms with Gasteiger partial charge < -0.3 is 20.6 Å². The highest BCUT2D eigenvalue weighted by Gasteiger charge is 2.52. The van der Waals surface area contributed by atoms with Crippen LogP contribution in [0.15, 0.2) is 46.9 Å². The molecule has 0 radical (unpaired) electrons. The van der Waals surface area contributed by atoms with Crippen molar-refractivity contribution in [1.29, 1.82) is 0 Å². The fraction of sp³-hybridized carbons (Fsp3) is 0.417. The van der Waals surface area contributed by atoms with E-state index in [2.05, 4.69) is 38.4 Å². The molecule has 2 aromatic rings. The number of piperidine rings is 1. The number of hydrogen-bond donors (Lipinski definition) is 3. The summed E-state index contributed by atoms with van der Waals surface area (Å²) in [6, 6.07) is 10.9. The predicted octanol–water partition coefficient (Wildman–Crippen LogP) is 4.54. The average Bonchev–Trinajstić information content (AvgIpc) is 2.78. The smallest absolute Gasteiger partial charge is 0.329 e. The van der Waals surface area contributed by atoms with Crippen LogP contribution in [0.25, 0.3) is 0 Å². The Bertz CT molecular complexity index is 1030. The molecule has 2 aliphatic heterocycles. The summed E-state index contributed by atoms with van der Waals surface area (Å²) in [6.45, 7) is 5.69. The molecule has 1 fully saturated rings. The van der Waals surface area contributed by atoms with Crippen LogP contribution in [-0.2, 0) is 10.5 Å². The number of nitrogens with one attached hydrogen (secondary N) is 2. The van der Waals surface area contributed by atoms with Crippen LogP contribution in [0.1, 0.15) is 31.7 Å². The summed E-state index contributed by atoms with van der Waals surface area (Å²) >= 11 is 9.42. The van der Waals surface area contributed by atoms with Crippen molar-refractivity contribution in [2.45, 2.75) is 31.9 Å². The van der Waals surface area contributed by atoms with E-state index in [-0.39, 0.29) is 5.56 Å². The van der Waals surface area contributed by atoms with Crippen LogP contribution in [0.5, 0.6) is 0 Å². The Morgan fingerprint density at radius 3 is 2.79 bits per heavy atom. The van der Waals surface area contributed by atoms with Crippen molar-refractivity contribution in [3.05, 3.63) is 57.5 Å². The normalized spacial score (nSPS) is 23.1. The third kappa shape index (κ3) is 5.04. The van der Waals surface area contributed by atoms with Crippen LogP contribution < -0.4 is 15.5 Å². The van der Waals surface area contributed by atoms with Crippen LogP contribution in [0, 0.1) is 5.92 Å². The molecule has 2 aliphatic rings. The number of amides is 3. The molecule has 0 saturated carbocycles. The Labute approximate surface area is 207 Å². The summed E-state index contributed by atoms with van der Waals surface area (Å²) in [5, 5.41) is 17.9. The number of anilines is 2. The number of urea groups is 1. The first kappa shape index (κ1) is 24.0. The molecule has 176 valence electrons. The number of carbonyl (C=O) groups is 2. The highest BCUT2D eigenvalue weighted by molar-refractivity contribution is 9.10. The number of nitrogens with zero attached hydrogens (tertiary/aromatic N) is 2. The van der Waals surface area contributed by atoms with Crippen LogP contribution in [0.4, 0.5) is 16.2 Å². The number of halogens is 2. The first-order chi connectivity index (χ1) is 15.8. The van der Waals surface area contributed by atoms with E-state index in [0.29, 0.717) is 33.3 Å². The zero-order chi connectivity index (χ0) is 23.6. The molecule has 7 nitrogen and oxygen atoms in total. The SMILES string of the molecule is C[C@@H]1CCCN(CCCNC(=O)[C@@]2(O)c3cc(Br)ccc3NC(=O)N2c2ccc(Cl)cc2)C1. The molecule has 3 N–H and O–H groups in total. The topological polar surface area (TPSA) is 84.9 Å². The van der Waals surface area contributed by atoms with E-state index in [1.807, 2.05) is 0 Å². The van der Waals surface area contributed by atoms with E-state index in [0.717, 1.165) is 31.0 Å². The van der Waals surface area contributed by atoms with Crippen LogP contribution in [-0.4, -0.2) is 48.1 Å². The van der Waals surface area contributed by atoms with Crippen molar-refractivity contribution in [3.8, 4) is 0 Å². The molecule has 0 spiro atoms. The molecular weight excluding hydrogens is 508 g/mol. The Hall–Kier alpha value is -2.13. The molecule has 9 heteroatoms. The lowest BCUT2D eigenvalue weighted by molar-refractivity contribution is -0.140. The van der Waals surface area contributed by atoms with Gasteiger partial charge in [-0.25, -0.2) is 4.79 Å². The van der Waals surface area contributed by atoms with Crippen molar-refractivity contribution in [3.63, 3.8) is 0 Å². The molecule has 0 unspecified atom stereocenters. The molecular formula is C24H28BrClN4O3. The van der Waals surface area contributed by atoms with Gasteiger partial charge in [-0.15, -0.1) is 0 Å². The Kier molecular flexibility index (Phi) is 7.28. The molecule has 0 bridgehead atoms. The number of hydrogen-bond acceptors (Lipinski definition) is 4. The molecule has 2 aromatic carbocycles. The minimum atomic E-state index is -2.23. The Balaban J connectivity index is 1.57. The summed E-state index contributed by atoms with van der Waals surface area (Å²) < 4.78 is 0.680. The molecule has 1 saturated heterocycles. The zero-order valence-electron chi connectivity index (χ0n) is 18.5. The minimum absolute atomic E-state index is 0.286. The fourth-order valence-electron chi connectivity index (χ4n) is 4.59. The van der Waals surface area contributed by atoms with Gasteiger partial charge in [-0.2, -0.15) is 0 Å². The number of fused-ring (bicyclic) bond motifs is 1. The number of carbonyl (C=O) groups excluding carboxylic acids is 2. The van der Waals surface area contributed by atoms with Gasteiger partial charge in [0.25, 0.3) is 11.6 Å². The van der Waals surface area contributed by atoms with E-state index in [1.54, 1.807) is 42.5 Å². The van der Waals surface area contributed by atoms with E-state index >= 15 is 0 Å². The second-order valence-electron chi connectivity index (χ2n) is 8.76. The predicted molar refractivity (Wildman–Crippen MR) is 133 cm³/mol. The quantitative estimate of drug-likeness (QED) is 0.474. The Morgan fingerprint density at radius 2 is 2.06 bits per heavy atom. The van der Waals surface area contributed by atoms with Crippen molar-refractivity contribution < 1.29 is 14.7 Å². The summed E-state index contributed by atoms with van der Waals surface area (Å²) in [6.07, 6.45) is 3.22. The molecule has 0 aliphatic carbocycles. The average molecular weight is 536 g/mol. The van der Waals surface area contributed by atoms with Crippen LogP contribution >= 0.6 is 27.5 Å². The number of likely N-dealkylation sites (tertiary alicyclic amines) is 1. The second kappa shape index (κ2) is 10.0. The number of benzene rings is 2. The number of aliphatic hydroxyl groups is 1. The van der Waals surface area contributed by atoms with E-state index < -0.39 is 17.7 Å². The Morgan fingerprint density at radius 1 is 1.30 bits per heavy atom. The van der Waals surface area contributed by atoms with E-state index in [9.17, 15) is 14.7 Å². The lowest BCUT2D eigenvalue weighted by atomic mass is 9.94. The standard InChI is InChI=1S/C24H28BrClN4O3/c1-16-4-2-12-29(15-16)13-3-11-27-22(31)24(33)20-14-17(25)5-10-21(20)28-23(32)30(24)19-8-6-18(26)7-9-19/h5-10,14,16,33H,2-4,11-13,15H2,1H3,(H,27,31)(H,28,32)/t16-,24+/m1/s1. The third-order valence-electron chi connectivity index (χ3n) is 6.20. The third-order valence-corrected chi connectivity index (χ3v) is 6.95. The zero-order valence-corrected chi connectivity index (χ0v) is 20.8. The highest BCUT2D eigenvalue weighted by atomic mass is 79.9. The van der Waals surface area contributed by atoms with Gasteiger partial charge in [-0.3, -0.25) is 9.69 Å². The largest absolute Gasteiger partial charge is 0.359 e. The highest BCUT2D eigenvalue weighted by Crippen LogP contribution is 2.41. The van der Waals surface area contributed by atoms with Gasteiger partial charge in [-0.05, 0) is 80.7 Å². The summed E-state index contributed by atoms with van der Waals surface area (Å²) in [4.78, 5) is 30.0. The van der Waals surface area contributed by atoms with E-state index in [1.165, 1.54) is 12.8 Å². The van der Waals surface area contributed by atoms with Gasteiger partial charge in [-0.1, -0.05) is 34.5 Å². The van der Waals surface area contributed by atoms with Gasteiger partial charge in [0.15, 0.2) is 0 Å². The summed E-state index contributed by atoms with van der Waals surface area (Å²) in [5.74, 6) is 0.0383. The molecule has 3 amide bonds. The molecule has 33 heavy (non-hydrogen) atoms. The summed E-state index contributed by atoms with van der Waals surface area (Å²) in [7, 11) is 0. The van der Waals surface area contributed by atoms with Crippen molar-refractivity contribution >= 4 is 50.8 Å². The summed E-state index contributed by atoms with van der Waals surface area (Å²) in [5.41, 5.74) is -1.21. The van der Waals surface area contributed by atoms with Gasteiger partial charge in [0.05, 0.1) is 5.69 Å².